The van der Waals surface area contributed by atoms with E-state index in [2.05, 4.69) is 19.2 Å². The molecule has 5 heteroatoms. The van der Waals surface area contributed by atoms with Crippen molar-refractivity contribution in [1.29, 1.82) is 0 Å². The highest BCUT2D eigenvalue weighted by atomic mass is 16.2. The molecule has 0 spiro atoms. The van der Waals surface area contributed by atoms with Gasteiger partial charge in [0.15, 0.2) is 0 Å². The SMILES string of the molecule is CC(C)CC1CCN(C(=O)CNC(=O)CN)C1. The van der Waals surface area contributed by atoms with Crippen LogP contribution < -0.4 is 11.1 Å². The summed E-state index contributed by atoms with van der Waals surface area (Å²) in [6.45, 7) is 6.05. The van der Waals surface area contributed by atoms with Gasteiger partial charge in [0, 0.05) is 13.1 Å². The van der Waals surface area contributed by atoms with E-state index in [0.29, 0.717) is 11.8 Å². The first-order chi connectivity index (χ1) is 8.02. The Bertz CT molecular complexity index is 279. The topological polar surface area (TPSA) is 75.4 Å². The van der Waals surface area contributed by atoms with Gasteiger partial charge in [-0.05, 0) is 24.7 Å². The van der Waals surface area contributed by atoms with Crippen molar-refractivity contribution >= 4 is 11.8 Å². The van der Waals surface area contributed by atoms with Gasteiger partial charge in [0.1, 0.15) is 0 Å². The lowest BCUT2D eigenvalue weighted by Gasteiger charge is -2.17. The molecule has 3 N–H and O–H groups in total. The van der Waals surface area contributed by atoms with Crippen molar-refractivity contribution in [2.24, 2.45) is 17.6 Å². The fraction of sp³-hybridized carbons (Fsp3) is 0.833. The van der Waals surface area contributed by atoms with E-state index in [0.717, 1.165) is 19.5 Å². The minimum Gasteiger partial charge on any atom is -0.346 e. The standard InChI is InChI=1S/C12H23N3O2/c1-9(2)5-10-3-4-15(8-10)12(17)7-14-11(16)6-13/h9-10H,3-8,13H2,1-2H3,(H,14,16). The molecule has 1 aliphatic heterocycles. The third kappa shape index (κ3) is 4.73. The second-order valence-corrected chi connectivity index (χ2v) is 5.10. The number of hydrogen-bond donors (Lipinski definition) is 2. The molecular formula is C12H23N3O2. The molecule has 0 aromatic carbocycles. The van der Waals surface area contributed by atoms with Gasteiger partial charge in [-0.2, -0.15) is 0 Å². The van der Waals surface area contributed by atoms with Gasteiger partial charge in [-0.1, -0.05) is 13.8 Å². The monoisotopic (exact) mass is 241 g/mol. The number of hydrogen-bond acceptors (Lipinski definition) is 3. The smallest absolute Gasteiger partial charge is 0.241 e. The molecule has 1 rings (SSSR count). The van der Waals surface area contributed by atoms with Gasteiger partial charge in [0.25, 0.3) is 0 Å². The Kier molecular flexibility index (Phi) is 5.41. The summed E-state index contributed by atoms with van der Waals surface area (Å²) in [5.74, 6) is 1.01. The van der Waals surface area contributed by atoms with Crippen molar-refractivity contribution in [3.63, 3.8) is 0 Å². The molecule has 0 saturated carbocycles. The molecule has 17 heavy (non-hydrogen) atoms. The van der Waals surface area contributed by atoms with E-state index in [-0.39, 0.29) is 24.9 Å². The maximum atomic E-state index is 11.8. The van der Waals surface area contributed by atoms with Crippen LogP contribution in [0.15, 0.2) is 0 Å². The lowest BCUT2D eigenvalue weighted by molar-refractivity contribution is -0.131. The number of carbonyl (C=O) groups is 2. The maximum Gasteiger partial charge on any atom is 0.241 e. The largest absolute Gasteiger partial charge is 0.346 e. The number of nitrogens with zero attached hydrogens (tertiary/aromatic N) is 1. The molecule has 0 bridgehead atoms. The molecule has 2 amide bonds. The van der Waals surface area contributed by atoms with Crippen LogP contribution in [0.2, 0.25) is 0 Å². The Hall–Kier alpha value is -1.10. The van der Waals surface area contributed by atoms with Gasteiger partial charge < -0.3 is 16.0 Å². The van der Waals surface area contributed by atoms with Crippen LogP contribution in [0.25, 0.3) is 0 Å². The highest BCUT2D eigenvalue weighted by molar-refractivity contribution is 5.85. The summed E-state index contributed by atoms with van der Waals surface area (Å²) >= 11 is 0. The zero-order valence-electron chi connectivity index (χ0n) is 10.7. The van der Waals surface area contributed by atoms with E-state index < -0.39 is 0 Å². The lowest BCUT2D eigenvalue weighted by atomic mass is 9.97. The molecule has 1 saturated heterocycles. The van der Waals surface area contributed by atoms with Crippen LogP contribution in [-0.4, -0.2) is 42.9 Å². The molecule has 0 aliphatic carbocycles. The van der Waals surface area contributed by atoms with E-state index in [9.17, 15) is 9.59 Å². The Morgan fingerprint density at radius 3 is 2.76 bits per heavy atom. The van der Waals surface area contributed by atoms with Crippen LogP contribution in [0.3, 0.4) is 0 Å². The van der Waals surface area contributed by atoms with Crippen LogP contribution in [0.1, 0.15) is 26.7 Å². The van der Waals surface area contributed by atoms with Crippen LogP contribution in [0.5, 0.6) is 0 Å². The highest BCUT2D eigenvalue weighted by Gasteiger charge is 2.26. The number of nitrogens with two attached hydrogens (primary N) is 1. The molecule has 5 nitrogen and oxygen atoms in total. The third-order valence-corrected chi connectivity index (χ3v) is 3.07. The number of carbonyl (C=O) groups excluding carboxylic acids is 2. The normalized spacial score (nSPS) is 19.8. The van der Waals surface area contributed by atoms with Gasteiger partial charge in [0.05, 0.1) is 13.1 Å². The molecule has 0 aromatic rings. The first-order valence-corrected chi connectivity index (χ1v) is 6.27. The van der Waals surface area contributed by atoms with Crippen molar-refractivity contribution in [3.05, 3.63) is 0 Å². The van der Waals surface area contributed by atoms with Gasteiger partial charge in [-0.15, -0.1) is 0 Å². The summed E-state index contributed by atoms with van der Waals surface area (Å²) in [4.78, 5) is 24.5. The van der Waals surface area contributed by atoms with Gasteiger partial charge in [-0.3, -0.25) is 9.59 Å². The summed E-state index contributed by atoms with van der Waals surface area (Å²) in [7, 11) is 0. The fourth-order valence-electron chi connectivity index (χ4n) is 2.28. The van der Waals surface area contributed by atoms with Crippen molar-refractivity contribution in [2.75, 3.05) is 26.2 Å². The van der Waals surface area contributed by atoms with Crippen molar-refractivity contribution < 1.29 is 9.59 Å². The molecule has 0 radical (unpaired) electrons. The van der Waals surface area contributed by atoms with Gasteiger partial charge in [-0.25, -0.2) is 0 Å². The zero-order chi connectivity index (χ0) is 12.8. The second-order valence-electron chi connectivity index (χ2n) is 5.10. The minimum absolute atomic E-state index is 0.00180. The van der Waals surface area contributed by atoms with Crippen LogP contribution >= 0.6 is 0 Å². The second kappa shape index (κ2) is 6.59. The first kappa shape index (κ1) is 14.0. The van der Waals surface area contributed by atoms with E-state index >= 15 is 0 Å². The summed E-state index contributed by atoms with van der Waals surface area (Å²) < 4.78 is 0. The van der Waals surface area contributed by atoms with Crippen LogP contribution in [0, 0.1) is 11.8 Å². The molecule has 1 heterocycles. The van der Waals surface area contributed by atoms with Crippen LogP contribution in [-0.2, 0) is 9.59 Å². The van der Waals surface area contributed by atoms with Crippen molar-refractivity contribution in [3.8, 4) is 0 Å². The predicted octanol–water partition coefficient (Wildman–Crippen LogP) is -0.0441. The Morgan fingerprint density at radius 1 is 1.47 bits per heavy atom. The van der Waals surface area contributed by atoms with E-state index in [1.165, 1.54) is 6.42 Å². The summed E-state index contributed by atoms with van der Waals surface area (Å²) in [5, 5.41) is 2.51. The molecule has 0 aromatic heterocycles. The lowest BCUT2D eigenvalue weighted by Crippen LogP contribution is -2.41. The number of likely N-dealkylation sites (tertiary alicyclic amines) is 1. The van der Waals surface area contributed by atoms with Crippen LogP contribution in [0.4, 0.5) is 0 Å². The average molecular weight is 241 g/mol. The third-order valence-electron chi connectivity index (χ3n) is 3.07. The van der Waals surface area contributed by atoms with Crippen molar-refractivity contribution in [2.45, 2.75) is 26.7 Å². The quantitative estimate of drug-likeness (QED) is 0.709. The predicted molar refractivity (Wildman–Crippen MR) is 66.2 cm³/mol. The van der Waals surface area contributed by atoms with Crippen molar-refractivity contribution in [1.82, 2.24) is 10.2 Å². The average Bonchev–Trinajstić information content (AvgIpc) is 2.72. The summed E-state index contributed by atoms with van der Waals surface area (Å²) in [6, 6.07) is 0. The number of amides is 2. The number of nitrogens with one attached hydrogen (secondary N) is 1. The van der Waals surface area contributed by atoms with E-state index in [1.807, 2.05) is 4.90 Å². The maximum absolute atomic E-state index is 11.8. The fourth-order valence-corrected chi connectivity index (χ4v) is 2.28. The highest BCUT2D eigenvalue weighted by Crippen LogP contribution is 2.22. The zero-order valence-corrected chi connectivity index (χ0v) is 10.7. The Balaban J connectivity index is 2.28. The van der Waals surface area contributed by atoms with Gasteiger partial charge in [0.2, 0.25) is 11.8 Å². The molecule has 98 valence electrons. The summed E-state index contributed by atoms with van der Waals surface area (Å²) in [5.41, 5.74) is 5.15. The minimum atomic E-state index is -0.281. The van der Waals surface area contributed by atoms with E-state index in [1.54, 1.807) is 0 Å². The molecule has 1 fully saturated rings. The first-order valence-electron chi connectivity index (χ1n) is 6.27. The molecular weight excluding hydrogens is 218 g/mol. The molecule has 1 unspecified atom stereocenters. The molecule has 1 atom stereocenters. The summed E-state index contributed by atoms with van der Waals surface area (Å²) in [6.07, 6.45) is 2.24. The van der Waals surface area contributed by atoms with E-state index in [4.69, 9.17) is 5.73 Å². The number of rotatable bonds is 5. The molecule has 1 aliphatic rings. The Morgan fingerprint density at radius 2 is 2.18 bits per heavy atom. The van der Waals surface area contributed by atoms with Gasteiger partial charge >= 0.3 is 0 Å². The Labute approximate surface area is 103 Å².